The summed E-state index contributed by atoms with van der Waals surface area (Å²) in [7, 11) is 0. The van der Waals surface area contributed by atoms with Crippen molar-refractivity contribution in [2.75, 3.05) is 13.1 Å². The summed E-state index contributed by atoms with van der Waals surface area (Å²) in [5.74, 6) is 0.121. The average Bonchev–Trinajstić information content (AvgIpc) is 2.28. The molecule has 88 valence electrons. The summed E-state index contributed by atoms with van der Waals surface area (Å²) in [4.78, 5) is 13.4. The molecule has 1 aliphatic heterocycles. The van der Waals surface area contributed by atoms with Crippen LogP contribution in [0, 0.1) is 5.92 Å². The van der Waals surface area contributed by atoms with Crippen LogP contribution in [0.2, 0.25) is 0 Å². The molecule has 1 heterocycles. The molecule has 15 heavy (non-hydrogen) atoms. The van der Waals surface area contributed by atoms with Gasteiger partial charge in [0.2, 0.25) is 0 Å². The Labute approximate surface area is 92.5 Å². The zero-order valence-corrected chi connectivity index (χ0v) is 10.1. The molecule has 0 spiro atoms. The smallest absolute Gasteiger partial charge is 0.323 e. The first-order valence-electron chi connectivity index (χ1n) is 6.03. The van der Waals surface area contributed by atoms with Crippen LogP contribution in [0.5, 0.6) is 0 Å². The number of likely N-dealkylation sites (tertiary alicyclic amines) is 1. The second-order valence-corrected chi connectivity index (χ2v) is 4.77. The van der Waals surface area contributed by atoms with Crippen molar-refractivity contribution in [2.45, 2.75) is 52.0 Å². The molecule has 0 saturated carbocycles. The molecular formula is C12H23NO2. The van der Waals surface area contributed by atoms with E-state index in [1.54, 1.807) is 0 Å². The largest absolute Gasteiger partial charge is 0.480 e. The van der Waals surface area contributed by atoms with Crippen molar-refractivity contribution in [1.82, 2.24) is 4.90 Å². The minimum Gasteiger partial charge on any atom is -0.480 e. The zero-order chi connectivity index (χ0) is 11.5. The number of carbonyl (C=O) groups is 1. The van der Waals surface area contributed by atoms with Gasteiger partial charge in [-0.2, -0.15) is 0 Å². The predicted octanol–water partition coefficient (Wildman–Crippen LogP) is 2.36. The summed E-state index contributed by atoms with van der Waals surface area (Å²) < 4.78 is 0. The zero-order valence-electron chi connectivity index (χ0n) is 10.1. The Bertz CT molecular complexity index is 222. The lowest BCUT2D eigenvalue weighted by Crippen LogP contribution is -2.54. The molecule has 0 aromatic carbocycles. The Morgan fingerprint density at radius 1 is 1.40 bits per heavy atom. The van der Waals surface area contributed by atoms with Gasteiger partial charge in [-0.25, -0.2) is 0 Å². The number of aliphatic carboxylic acids is 1. The number of hydrogen-bond donors (Lipinski definition) is 1. The lowest BCUT2D eigenvalue weighted by atomic mass is 9.88. The Morgan fingerprint density at radius 2 is 1.93 bits per heavy atom. The van der Waals surface area contributed by atoms with E-state index in [-0.39, 0.29) is 0 Å². The Balaban J connectivity index is 2.61. The molecule has 0 radical (unpaired) electrons. The van der Waals surface area contributed by atoms with Gasteiger partial charge in [-0.1, -0.05) is 20.3 Å². The van der Waals surface area contributed by atoms with Crippen molar-refractivity contribution in [2.24, 2.45) is 5.92 Å². The van der Waals surface area contributed by atoms with Gasteiger partial charge in [0.1, 0.15) is 5.54 Å². The van der Waals surface area contributed by atoms with Crippen LogP contribution in [0.25, 0.3) is 0 Å². The third-order valence-corrected chi connectivity index (χ3v) is 4.04. The molecule has 1 rings (SSSR count). The van der Waals surface area contributed by atoms with E-state index in [0.29, 0.717) is 6.42 Å². The predicted molar refractivity (Wildman–Crippen MR) is 60.9 cm³/mol. The van der Waals surface area contributed by atoms with Gasteiger partial charge in [-0.15, -0.1) is 0 Å². The van der Waals surface area contributed by atoms with Crippen LogP contribution in [-0.4, -0.2) is 34.6 Å². The number of piperidine rings is 1. The average molecular weight is 213 g/mol. The number of rotatable bonds is 4. The molecule has 0 aromatic heterocycles. The van der Waals surface area contributed by atoms with Crippen LogP contribution < -0.4 is 0 Å². The highest BCUT2D eigenvalue weighted by molar-refractivity contribution is 5.78. The number of carboxylic acids is 1. The maximum absolute atomic E-state index is 11.3. The Morgan fingerprint density at radius 3 is 2.27 bits per heavy atom. The summed E-state index contributed by atoms with van der Waals surface area (Å²) in [6.45, 7) is 7.91. The van der Waals surface area contributed by atoms with Gasteiger partial charge >= 0.3 is 5.97 Å². The molecule has 0 amide bonds. The van der Waals surface area contributed by atoms with Gasteiger partial charge in [-0.05, 0) is 45.2 Å². The maximum atomic E-state index is 11.3. The van der Waals surface area contributed by atoms with Crippen LogP contribution in [-0.2, 0) is 4.79 Å². The molecule has 0 aliphatic carbocycles. The topological polar surface area (TPSA) is 40.5 Å². The molecule has 1 N–H and O–H groups in total. The fourth-order valence-corrected chi connectivity index (χ4v) is 2.34. The minimum absolute atomic E-state index is 0.654. The standard InChI is InChI=1S/C12H23NO2/c1-4-10-6-8-13(9-7-10)12(3,5-2)11(14)15/h10H,4-9H2,1-3H3,(H,14,15). The van der Waals surface area contributed by atoms with Crippen LogP contribution in [0.4, 0.5) is 0 Å². The quantitative estimate of drug-likeness (QED) is 0.779. The van der Waals surface area contributed by atoms with E-state index in [0.717, 1.165) is 31.8 Å². The van der Waals surface area contributed by atoms with Crippen molar-refractivity contribution >= 4 is 5.97 Å². The molecule has 1 saturated heterocycles. The van der Waals surface area contributed by atoms with E-state index < -0.39 is 11.5 Å². The molecular weight excluding hydrogens is 190 g/mol. The Kier molecular flexibility index (Phi) is 4.14. The van der Waals surface area contributed by atoms with Crippen molar-refractivity contribution < 1.29 is 9.90 Å². The van der Waals surface area contributed by atoms with Gasteiger partial charge in [0.05, 0.1) is 0 Å². The van der Waals surface area contributed by atoms with Crippen LogP contribution >= 0.6 is 0 Å². The van der Waals surface area contributed by atoms with Crippen molar-refractivity contribution in [1.29, 1.82) is 0 Å². The highest BCUT2D eigenvalue weighted by Crippen LogP contribution is 2.28. The SMILES string of the molecule is CCC1CCN(C(C)(CC)C(=O)O)CC1. The van der Waals surface area contributed by atoms with Crippen molar-refractivity contribution in [3.63, 3.8) is 0 Å². The number of carboxylic acid groups (broad SMARTS) is 1. The summed E-state index contributed by atoms with van der Waals surface area (Å²) in [6.07, 6.45) is 4.21. The van der Waals surface area contributed by atoms with Crippen LogP contribution in [0.3, 0.4) is 0 Å². The first-order chi connectivity index (χ1) is 7.04. The van der Waals surface area contributed by atoms with Crippen LogP contribution in [0.15, 0.2) is 0 Å². The summed E-state index contributed by atoms with van der Waals surface area (Å²) >= 11 is 0. The first-order valence-corrected chi connectivity index (χ1v) is 6.03. The van der Waals surface area contributed by atoms with E-state index in [1.807, 2.05) is 13.8 Å². The summed E-state index contributed by atoms with van der Waals surface area (Å²) in [5.41, 5.74) is -0.654. The second kappa shape index (κ2) is 4.97. The molecule has 3 heteroatoms. The lowest BCUT2D eigenvalue weighted by Gasteiger charge is -2.41. The van der Waals surface area contributed by atoms with Gasteiger partial charge in [0.15, 0.2) is 0 Å². The molecule has 3 nitrogen and oxygen atoms in total. The van der Waals surface area contributed by atoms with E-state index >= 15 is 0 Å². The van der Waals surface area contributed by atoms with Gasteiger partial charge < -0.3 is 5.11 Å². The fraction of sp³-hybridized carbons (Fsp3) is 0.917. The Hall–Kier alpha value is -0.570. The van der Waals surface area contributed by atoms with Gasteiger partial charge in [0.25, 0.3) is 0 Å². The molecule has 1 unspecified atom stereocenters. The van der Waals surface area contributed by atoms with Gasteiger partial charge in [0, 0.05) is 0 Å². The van der Waals surface area contributed by atoms with Crippen molar-refractivity contribution in [3.8, 4) is 0 Å². The van der Waals surface area contributed by atoms with Gasteiger partial charge in [-0.3, -0.25) is 9.69 Å². The number of nitrogens with zero attached hydrogens (tertiary/aromatic N) is 1. The fourth-order valence-electron chi connectivity index (χ4n) is 2.34. The van der Waals surface area contributed by atoms with E-state index in [9.17, 15) is 9.90 Å². The van der Waals surface area contributed by atoms with Crippen LogP contribution in [0.1, 0.15) is 46.5 Å². The third kappa shape index (κ3) is 2.51. The highest BCUT2D eigenvalue weighted by Gasteiger charge is 2.39. The molecule has 0 bridgehead atoms. The highest BCUT2D eigenvalue weighted by atomic mass is 16.4. The van der Waals surface area contributed by atoms with E-state index in [4.69, 9.17) is 0 Å². The van der Waals surface area contributed by atoms with E-state index in [2.05, 4.69) is 11.8 Å². The normalized spacial score (nSPS) is 23.7. The molecule has 1 aliphatic rings. The molecule has 0 aromatic rings. The maximum Gasteiger partial charge on any atom is 0.323 e. The van der Waals surface area contributed by atoms with Crippen molar-refractivity contribution in [3.05, 3.63) is 0 Å². The molecule has 1 fully saturated rings. The number of hydrogen-bond acceptors (Lipinski definition) is 2. The third-order valence-electron chi connectivity index (χ3n) is 4.04. The lowest BCUT2D eigenvalue weighted by molar-refractivity contribution is -0.152. The summed E-state index contributed by atoms with van der Waals surface area (Å²) in [6, 6.07) is 0. The monoisotopic (exact) mass is 213 g/mol. The second-order valence-electron chi connectivity index (χ2n) is 4.77. The first kappa shape index (κ1) is 12.5. The minimum atomic E-state index is -0.681. The molecule has 1 atom stereocenters. The van der Waals surface area contributed by atoms with E-state index in [1.165, 1.54) is 6.42 Å². The summed E-state index contributed by atoms with van der Waals surface area (Å²) in [5, 5.41) is 9.27.